The number of amides is 1. The Morgan fingerprint density at radius 1 is 1.00 bits per heavy atom. The lowest BCUT2D eigenvalue weighted by Gasteiger charge is -2.43. The molecule has 0 bridgehead atoms. The Labute approximate surface area is 190 Å². The molecule has 164 valence electrons. The minimum atomic E-state index is -0.156. The van der Waals surface area contributed by atoms with Crippen LogP contribution in [-0.4, -0.2) is 41.4 Å². The average molecular weight is 427 g/mol. The van der Waals surface area contributed by atoms with Crippen molar-refractivity contribution in [3.8, 4) is 0 Å². The second-order valence-electron chi connectivity index (χ2n) is 9.39. The highest BCUT2D eigenvalue weighted by molar-refractivity contribution is 5.90. The van der Waals surface area contributed by atoms with E-state index in [1.807, 2.05) is 6.20 Å². The topological polar surface area (TPSA) is 49.3 Å². The highest BCUT2D eigenvalue weighted by Crippen LogP contribution is 2.49. The van der Waals surface area contributed by atoms with E-state index in [9.17, 15) is 4.79 Å². The molecule has 0 unspecified atom stereocenters. The third-order valence-corrected chi connectivity index (χ3v) is 7.14. The Morgan fingerprint density at radius 3 is 2.25 bits per heavy atom. The van der Waals surface area contributed by atoms with E-state index in [1.54, 1.807) is 14.1 Å². The molecule has 0 N–H and O–H groups in total. The van der Waals surface area contributed by atoms with E-state index >= 15 is 0 Å². The van der Waals surface area contributed by atoms with Crippen molar-refractivity contribution >= 4 is 11.6 Å². The zero-order chi connectivity index (χ0) is 22.3. The predicted molar refractivity (Wildman–Crippen MR) is 127 cm³/mol. The molecule has 3 aromatic rings. The molecule has 5 rings (SSSR count). The first-order chi connectivity index (χ1) is 15.5. The first-order valence-corrected chi connectivity index (χ1v) is 11.5. The number of aromatic nitrogens is 2. The molecule has 32 heavy (non-hydrogen) atoms. The van der Waals surface area contributed by atoms with Crippen molar-refractivity contribution in [1.82, 2.24) is 14.9 Å². The van der Waals surface area contributed by atoms with Crippen LogP contribution in [0.25, 0.3) is 0 Å². The van der Waals surface area contributed by atoms with Gasteiger partial charge in [0.2, 0.25) is 5.82 Å². The second-order valence-corrected chi connectivity index (χ2v) is 9.39. The van der Waals surface area contributed by atoms with Crippen LogP contribution in [0.15, 0.2) is 54.7 Å². The number of hydrogen-bond donors (Lipinski definition) is 0. The summed E-state index contributed by atoms with van der Waals surface area (Å²) >= 11 is 0. The Morgan fingerprint density at radius 2 is 1.66 bits per heavy atom. The van der Waals surface area contributed by atoms with Gasteiger partial charge in [0.1, 0.15) is 0 Å². The molecule has 1 aliphatic heterocycles. The lowest BCUT2D eigenvalue weighted by molar-refractivity contribution is 0.0815. The van der Waals surface area contributed by atoms with Gasteiger partial charge in [-0.3, -0.25) is 4.79 Å². The molecule has 2 aromatic carbocycles. The van der Waals surface area contributed by atoms with Crippen LogP contribution in [0.1, 0.15) is 57.8 Å². The van der Waals surface area contributed by atoms with Crippen LogP contribution >= 0.6 is 0 Å². The summed E-state index contributed by atoms with van der Waals surface area (Å²) in [6.45, 7) is 3.78. The fourth-order valence-electron chi connectivity index (χ4n) is 4.96. The SMILES string of the molecule is Cc1ccc(C2(c3ccc(N4CCc5cnc(C(=O)N(C)C)nc5C4)cc3)CCC2)cc1. The van der Waals surface area contributed by atoms with Crippen LogP contribution in [0, 0.1) is 6.92 Å². The Balaban J connectivity index is 1.38. The van der Waals surface area contributed by atoms with Gasteiger partial charge in [0.15, 0.2) is 0 Å². The second kappa shape index (κ2) is 8.05. The van der Waals surface area contributed by atoms with Crippen LogP contribution in [0.4, 0.5) is 5.69 Å². The lowest BCUT2D eigenvalue weighted by Crippen LogP contribution is -2.35. The van der Waals surface area contributed by atoms with Crippen LogP contribution < -0.4 is 4.90 Å². The molecule has 5 heteroatoms. The maximum Gasteiger partial charge on any atom is 0.291 e. The molecule has 5 nitrogen and oxygen atoms in total. The highest BCUT2D eigenvalue weighted by Gasteiger charge is 2.40. The lowest BCUT2D eigenvalue weighted by atomic mass is 9.60. The molecule has 0 saturated heterocycles. The van der Waals surface area contributed by atoms with Crippen molar-refractivity contribution in [3.05, 3.63) is 88.5 Å². The van der Waals surface area contributed by atoms with Crippen LogP contribution in [0.2, 0.25) is 0 Å². The summed E-state index contributed by atoms with van der Waals surface area (Å²) in [4.78, 5) is 25.0. The summed E-state index contributed by atoms with van der Waals surface area (Å²) < 4.78 is 0. The van der Waals surface area contributed by atoms with E-state index in [2.05, 4.69) is 70.3 Å². The van der Waals surface area contributed by atoms with Gasteiger partial charge in [0, 0.05) is 37.9 Å². The van der Waals surface area contributed by atoms with Crippen LogP contribution in [-0.2, 0) is 18.4 Å². The van der Waals surface area contributed by atoms with Gasteiger partial charge in [0.25, 0.3) is 5.91 Å². The van der Waals surface area contributed by atoms with Gasteiger partial charge < -0.3 is 9.80 Å². The molecule has 0 atom stereocenters. The molecular formula is C27H30N4O. The van der Waals surface area contributed by atoms with Gasteiger partial charge in [-0.2, -0.15) is 0 Å². The van der Waals surface area contributed by atoms with Gasteiger partial charge in [0.05, 0.1) is 12.2 Å². The summed E-state index contributed by atoms with van der Waals surface area (Å²) in [5.41, 5.74) is 7.62. The number of anilines is 1. The standard InChI is InChI=1S/C27H30N4O/c1-19-5-7-21(8-6-19)27(14-4-15-27)22-9-11-23(12-10-22)31-16-13-20-17-28-25(26(32)30(2)3)29-24(20)18-31/h5-12,17H,4,13-16,18H2,1-3H3. The summed E-state index contributed by atoms with van der Waals surface area (Å²) in [7, 11) is 3.45. The third-order valence-electron chi connectivity index (χ3n) is 7.14. The largest absolute Gasteiger partial charge is 0.365 e. The molecule has 1 aromatic heterocycles. The normalized spacial score (nSPS) is 16.8. The number of nitrogens with zero attached hydrogens (tertiary/aromatic N) is 4. The number of benzene rings is 2. The highest BCUT2D eigenvalue weighted by atomic mass is 16.2. The summed E-state index contributed by atoms with van der Waals surface area (Å²) in [5.74, 6) is 0.118. The maximum atomic E-state index is 12.3. The van der Waals surface area contributed by atoms with Crippen molar-refractivity contribution < 1.29 is 4.79 Å². The van der Waals surface area contributed by atoms with Crippen LogP contribution in [0.3, 0.4) is 0 Å². The zero-order valence-corrected chi connectivity index (χ0v) is 19.1. The molecule has 1 amide bonds. The first-order valence-electron chi connectivity index (χ1n) is 11.5. The maximum absolute atomic E-state index is 12.3. The summed E-state index contributed by atoms with van der Waals surface area (Å²) in [6.07, 6.45) is 6.42. The van der Waals surface area contributed by atoms with Gasteiger partial charge in [-0.05, 0) is 55.0 Å². The fraction of sp³-hybridized carbons (Fsp3) is 0.370. The monoisotopic (exact) mass is 426 g/mol. The van der Waals surface area contributed by atoms with Crippen molar-refractivity contribution in [3.63, 3.8) is 0 Å². The molecule has 1 aliphatic carbocycles. The molecule has 0 radical (unpaired) electrons. The van der Waals surface area contributed by atoms with Crippen molar-refractivity contribution in [2.45, 2.75) is 44.6 Å². The smallest absolute Gasteiger partial charge is 0.291 e. The number of aryl methyl sites for hydroxylation is 1. The quantitative estimate of drug-likeness (QED) is 0.616. The molecule has 0 spiro atoms. The Bertz CT molecular complexity index is 1130. The predicted octanol–water partition coefficient (Wildman–Crippen LogP) is 4.52. The number of carbonyl (C=O) groups is 1. The van der Waals surface area contributed by atoms with E-state index < -0.39 is 0 Å². The molecular weight excluding hydrogens is 396 g/mol. The third kappa shape index (κ3) is 3.56. The van der Waals surface area contributed by atoms with E-state index in [0.29, 0.717) is 6.54 Å². The van der Waals surface area contributed by atoms with Crippen molar-refractivity contribution in [2.75, 3.05) is 25.5 Å². The molecule has 1 saturated carbocycles. The van der Waals surface area contributed by atoms with E-state index in [4.69, 9.17) is 0 Å². The number of fused-ring (bicyclic) bond motifs is 1. The number of carbonyl (C=O) groups excluding carboxylic acids is 1. The van der Waals surface area contributed by atoms with Gasteiger partial charge in [-0.1, -0.05) is 48.4 Å². The molecule has 2 heterocycles. The van der Waals surface area contributed by atoms with Crippen molar-refractivity contribution in [1.29, 1.82) is 0 Å². The number of hydrogen-bond acceptors (Lipinski definition) is 4. The molecule has 1 fully saturated rings. The Kier molecular flexibility index (Phi) is 5.20. The van der Waals surface area contributed by atoms with E-state index in [0.717, 1.165) is 24.2 Å². The van der Waals surface area contributed by atoms with Crippen molar-refractivity contribution in [2.24, 2.45) is 0 Å². The minimum Gasteiger partial charge on any atom is -0.365 e. The summed E-state index contributed by atoms with van der Waals surface area (Å²) in [6, 6.07) is 18.2. The van der Waals surface area contributed by atoms with Crippen LogP contribution in [0.5, 0.6) is 0 Å². The van der Waals surface area contributed by atoms with Gasteiger partial charge in [-0.25, -0.2) is 9.97 Å². The number of rotatable bonds is 4. The first kappa shape index (κ1) is 20.7. The van der Waals surface area contributed by atoms with E-state index in [-0.39, 0.29) is 17.1 Å². The Hall–Kier alpha value is -3.21. The molecule has 2 aliphatic rings. The van der Waals surface area contributed by atoms with E-state index in [1.165, 1.54) is 46.5 Å². The minimum absolute atomic E-state index is 0.156. The van der Waals surface area contributed by atoms with Gasteiger partial charge >= 0.3 is 0 Å². The fourth-order valence-corrected chi connectivity index (χ4v) is 4.96. The van der Waals surface area contributed by atoms with Gasteiger partial charge in [-0.15, -0.1) is 0 Å². The summed E-state index contributed by atoms with van der Waals surface area (Å²) in [5, 5.41) is 0. The zero-order valence-electron chi connectivity index (χ0n) is 19.1. The average Bonchev–Trinajstić information content (AvgIpc) is 2.79.